The average Bonchev–Trinajstić information content (AvgIpc) is 3.16. The van der Waals surface area contributed by atoms with E-state index in [9.17, 15) is 18.0 Å². The van der Waals surface area contributed by atoms with E-state index in [-0.39, 0.29) is 5.69 Å². The molecule has 0 radical (unpaired) electrons. The van der Waals surface area contributed by atoms with Crippen molar-refractivity contribution in [1.82, 2.24) is 9.88 Å². The van der Waals surface area contributed by atoms with Crippen molar-refractivity contribution in [1.29, 1.82) is 0 Å². The Bertz CT molecular complexity index is 1090. The van der Waals surface area contributed by atoms with Gasteiger partial charge in [0.05, 0.1) is 32.5 Å². The molecule has 1 aliphatic rings. The third-order valence-corrected chi connectivity index (χ3v) is 7.10. The van der Waals surface area contributed by atoms with Gasteiger partial charge in [-0.05, 0) is 63.2 Å². The highest BCUT2D eigenvalue weighted by Crippen LogP contribution is 2.36. The normalized spacial score (nSPS) is 17.1. The largest absolute Gasteiger partial charge is 0.418 e. The van der Waals surface area contributed by atoms with Crippen LogP contribution >= 0.6 is 22.9 Å². The molecule has 0 aliphatic carbocycles. The number of anilines is 1. The van der Waals surface area contributed by atoms with Gasteiger partial charge in [0.25, 0.3) is 0 Å². The summed E-state index contributed by atoms with van der Waals surface area (Å²) in [5.41, 5.74) is -0.161. The number of likely N-dealkylation sites (tertiary alicyclic amines) is 1. The number of thiazole rings is 1. The Morgan fingerprint density at radius 2 is 1.94 bits per heavy atom. The zero-order chi connectivity index (χ0) is 22.2. The van der Waals surface area contributed by atoms with Gasteiger partial charge in [-0.3, -0.25) is 9.69 Å². The molecule has 164 valence electrons. The van der Waals surface area contributed by atoms with Crippen LogP contribution in [0.2, 0.25) is 5.02 Å². The molecule has 31 heavy (non-hydrogen) atoms. The van der Waals surface area contributed by atoms with Crippen molar-refractivity contribution in [3.8, 4) is 0 Å². The molecule has 4 rings (SSSR count). The number of carbonyl (C=O) groups excluding carboxylic acids is 1. The van der Waals surface area contributed by atoms with Crippen LogP contribution in [-0.2, 0) is 11.0 Å². The van der Waals surface area contributed by atoms with Crippen LogP contribution in [0.15, 0.2) is 42.5 Å². The molecule has 0 spiro atoms. The lowest BCUT2D eigenvalue weighted by atomic mass is 9.96. The first-order valence-corrected chi connectivity index (χ1v) is 11.2. The van der Waals surface area contributed by atoms with Crippen LogP contribution in [0.1, 0.15) is 36.3 Å². The van der Waals surface area contributed by atoms with Gasteiger partial charge in [-0.1, -0.05) is 23.7 Å². The number of benzene rings is 2. The molecule has 1 N–H and O–H groups in total. The van der Waals surface area contributed by atoms with Crippen LogP contribution in [0.25, 0.3) is 10.2 Å². The van der Waals surface area contributed by atoms with Gasteiger partial charge in [-0.15, -0.1) is 11.3 Å². The molecule has 1 aromatic heterocycles. The van der Waals surface area contributed by atoms with E-state index in [1.54, 1.807) is 18.3 Å². The zero-order valence-electron chi connectivity index (χ0n) is 16.7. The molecule has 1 amide bonds. The van der Waals surface area contributed by atoms with E-state index in [0.717, 1.165) is 34.1 Å². The summed E-state index contributed by atoms with van der Waals surface area (Å²) in [5, 5.41) is 4.18. The van der Waals surface area contributed by atoms with Gasteiger partial charge in [0.15, 0.2) is 0 Å². The number of amides is 1. The minimum Gasteiger partial charge on any atom is -0.324 e. The Balaban J connectivity index is 1.39. The number of aromatic nitrogens is 1. The highest BCUT2D eigenvalue weighted by Gasteiger charge is 2.34. The van der Waals surface area contributed by atoms with Crippen LogP contribution in [0.4, 0.5) is 18.9 Å². The number of carbonyl (C=O) groups is 1. The Hall–Kier alpha value is -2.16. The van der Waals surface area contributed by atoms with Crippen LogP contribution in [0, 0.1) is 0 Å². The number of para-hydroxylation sites is 1. The molecule has 1 saturated heterocycles. The molecule has 1 fully saturated rings. The van der Waals surface area contributed by atoms with Gasteiger partial charge in [-0.2, -0.15) is 13.2 Å². The van der Waals surface area contributed by atoms with E-state index in [0.29, 0.717) is 24.0 Å². The van der Waals surface area contributed by atoms with Crippen molar-refractivity contribution >= 4 is 44.7 Å². The first-order valence-electron chi connectivity index (χ1n) is 9.99. The van der Waals surface area contributed by atoms with Gasteiger partial charge in [-0.25, -0.2) is 4.98 Å². The van der Waals surface area contributed by atoms with Crippen molar-refractivity contribution in [2.24, 2.45) is 0 Å². The number of alkyl halides is 3. The smallest absolute Gasteiger partial charge is 0.324 e. The van der Waals surface area contributed by atoms with Gasteiger partial charge in [0.2, 0.25) is 5.91 Å². The Morgan fingerprint density at radius 3 is 2.65 bits per heavy atom. The number of halogens is 4. The topological polar surface area (TPSA) is 45.2 Å². The van der Waals surface area contributed by atoms with Gasteiger partial charge < -0.3 is 5.32 Å². The van der Waals surface area contributed by atoms with E-state index in [1.807, 2.05) is 23.1 Å². The van der Waals surface area contributed by atoms with Crippen molar-refractivity contribution in [2.75, 3.05) is 18.4 Å². The van der Waals surface area contributed by atoms with Crippen LogP contribution < -0.4 is 5.32 Å². The molecule has 0 saturated carbocycles. The summed E-state index contributed by atoms with van der Waals surface area (Å²) in [6.07, 6.45) is -2.85. The third kappa shape index (κ3) is 4.86. The van der Waals surface area contributed by atoms with E-state index < -0.39 is 23.7 Å². The summed E-state index contributed by atoms with van der Waals surface area (Å²) in [5.74, 6) is -0.140. The van der Waals surface area contributed by atoms with Crippen molar-refractivity contribution in [2.45, 2.75) is 37.9 Å². The van der Waals surface area contributed by atoms with Crippen molar-refractivity contribution in [3.05, 3.63) is 58.1 Å². The summed E-state index contributed by atoms with van der Waals surface area (Å²) >= 11 is 7.71. The fourth-order valence-electron chi connectivity index (χ4n) is 3.87. The number of hydrogen-bond donors (Lipinski definition) is 1. The number of nitrogens with zero attached hydrogens (tertiary/aromatic N) is 2. The number of hydrogen-bond acceptors (Lipinski definition) is 4. The van der Waals surface area contributed by atoms with E-state index >= 15 is 0 Å². The highest BCUT2D eigenvalue weighted by atomic mass is 35.5. The lowest BCUT2D eigenvalue weighted by Crippen LogP contribution is -2.45. The van der Waals surface area contributed by atoms with E-state index in [4.69, 9.17) is 16.6 Å². The molecule has 9 heteroatoms. The minimum atomic E-state index is -4.52. The lowest BCUT2D eigenvalue weighted by molar-refractivity contribution is -0.137. The maximum Gasteiger partial charge on any atom is 0.418 e. The van der Waals surface area contributed by atoms with Gasteiger partial charge in [0, 0.05) is 10.9 Å². The number of nitrogens with one attached hydrogen (secondary N) is 1. The second-order valence-electron chi connectivity index (χ2n) is 7.68. The number of rotatable bonds is 4. The van der Waals surface area contributed by atoms with Crippen LogP contribution in [0.5, 0.6) is 0 Å². The molecule has 0 bridgehead atoms. The SMILES string of the molecule is CC(C(=O)Nc1ccccc1C(F)(F)F)N1CCC(c2nc3cc(Cl)ccc3s2)CC1. The minimum absolute atomic E-state index is 0.213. The fraction of sp³-hybridized carbons (Fsp3) is 0.364. The molecular weight excluding hydrogens is 447 g/mol. The molecule has 2 aromatic carbocycles. The summed E-state index contributed by atoms with van der Waals surface area (Å²) in [6.45, 7) is 3.08. The fourth-order valence-corrected chi connectivity index (χ4v) is 5.15. The molecule has 2 heterocycles. The first-order chi connectivity index (χ1) is 14.7. The average molecular weight is 468 g/mol. The van der Waals surface area contributed by atoms with Crippen molar-refractivity contribution in [3.63, 3.8) is 0 Å². The maximum atomic E-state index is 13.2. The molecule has 3 aromatic rings. The Labute approximate surface area is 187 Å². The first kappa shape index (κ1) is 22.0. The third-order valence-electron chi connectivity index (χ3n) is 5.66. The monoisotopic (exact) mass is 467 g/mol. The molecule has 1 aliphatic heterocycles. The van der Waals surface area contributed by atoms with Crippen LogP contribution in [0.3, 0.4) is 0 Å². The van der Waals surface area contributed by atoms with Gasteiger partial charge in [0.1, 0.15) is 0 Å². The Kier molecular flexibility index (Phi) is 6.23. The second kappa shape index (κ2) is 8.76. The standard InChI is InChI=1S/C22H21ClF3N3OS/c1-13(20(30)27-17-5-3-2-4-16(17)22(24,25)26)29-10-8-14(9-11-29)21-28-18-12-15(23)6-7-19(18)31-21/h2-7,12-14H,8-11H2,1H3,(H,27,30). The maximum absolute atomic E-state index is 13.2. The summed E-state index contributed by atoms with van der Waals surface area (Å²) in [6, 6.07) is 10.2. The molecular formula is C22H21ClF3N3OS. The van der Waals surface area contributed by atoms with Gasteiger partial charge >= 0.3 is 6.18 Å². The Morgan fingerprint density at radius 1 is 1.23 bits per heavy atom. The number of piperidine rings is 1. The quantitative estimate of drug-likeness (QED) is 0.498. The molecule has 1 unspecified atom stereocenters. The predicted molar refractivity (Wildman–Crippen MR) is 118 cm³/mol. The zero-order valence-corrected chi connectivity index (χ0v) is 18.3. The highest BCUT2D eigenvalue weighted by molar-refractivity contribution is 7.18. The molecule has 4 nitrogen and oxygen atoms in total. The summed E-state index contributed by atoms with van der Waals surface area (Å²) < 4.78 is 40.6. The second-order valence-corrected chi connectivity index (χ2v) is 9.18. The van der Waals surface area contributed by atoms with Crippen LogP contribution in [-0.4, -0.2) is 34.9 Å². The predicted octanol–water partition coefficient (Wildman–Crippen LogP) is 6.18. The van der Waals surface area contributed by atoms with E-state index in [1.165, 1.54) is 18.2 Å². The van der Waals surface area contributed by atoms with Crippen molar-refractivity contribution < 1.29 is 18.0 Å². The number of fused-ring (bicyclic) bond motifs is 1. The molecule has 1 atom stereocenters. The lowest BCUT2D eigenvalue weighted by Gasteiger charge is -2.34. The van der Waals surface area contributed by atoms with E-state index in [2.05, 4.69) is 5.32 Å². The summed E-state index contributed by atoms with van der Waals surface area (Å²) in [7, 11) is 0. The summed E-state index contributed by atoms with van der Waals surface area (Å²) in [4.78, 5) is 19.4.